The van der Waals surface area contributed by atoms with Crippen molar-refractivity contribution in [1.29, 1.82) is 0 Å². The number of pyridine rings is 2. The minimum absolute atomic E-state index is 0.0259. The highest BCUT2D eigenvalue weighted by Gasteiger charge is 2.25. The largest absolute Gasteiger partial charge is 0.372 e. The maximum atomic E-state index is 12.9. The zero-order chi connectivity index (χ0) is 17.8. The van der Waals surface area contributed by atoms with E-state index in [-0.39, 0.29) is 12.0 Å². The molecule has 1 aliphatic heterocycles. The number of nitrogens with zero attached hydrogens (tertiary/aromatic N) is 3. The molecule has 0 aliphatic carbocycles. The number of benzene rings is 1. The normalized spacial score (nSPS) is 17.4. The second-order valence-corrected chi connectivity index (χ2v) is 6.60. The molecular weight excluding hydrogens is 326 g/mol. The van der Waals surface area contributed by atoms with Crippen LogP contribution in [0, 0.1) is 0 Å². The zero-order valence-electron chi connectivity index (χ0n) is 14.5. The third-order valence-corrected chi connectivity index (χ3v) is 4.71. The molecule has 0 unspecified atom stereocenters. The molecule has 1 atom stereocenters. The molecule has 5 heteroatoms. The highest BCUT2D eigenvalue weighted by atomic mass is 16.5. The molecule has 0 spiro atoms. The zero-order valence-corrected chi connectivity index (χ0v) is 14.5. The van der Waals surface area contributed by atoms with Crippen LogP contribution in [0.4, 0.5) is 0 Å². The summed E-state index contributed by atoms with van der Waals surface area (Å²) in [5, 5.41) is 0.986. The average molecular weight is 347 g/mol. The van der Waals surface area contributed by atoms with Crippen molar-refractivity contribution >= 4 is 16.8 Å². The van der Waals surface area contributed by atoms with Crippen molar-refractivity contribution in [3.63, 3.8) is 0 Å². The lowest BCUT2D eigenvalue weighted by Gasteiger charge is -2.32. The molecule has 0 saturated carbocycles. The molecule has 1 fully saturated rings. The Labute approximate surface area is 152 Å². The molecule has 1 saturated heterocycles. The van der Waals surface area contributed by atoms with Crippen molar-refractivity contribution in [1.82, 2.24) is 14.9 Å². The lowest BCUT2D eigenvalue weighted by molar-refractivity contribution is -0.00681. The summed E-state index contributed by atoms with van der Waals surface area (Å²) in [5.74, 6) is 0.0259. The monoisotopic (exact) mass is 347 g/mol. The van der Waals surface area contributed by atoms with Crippen LogP contribution in [0.25, 0.3) is 10.9 Å². The van der Waals surface area contributed by atoms with E-state index in [0.717, 1.165) is 35.9 Å². The van der Waals surface area contributed by atoms with Crippen LogP contribution in [0.2, 0.25) is 0 Å². The quantitative estimate of drug-likeness (QED) is 0.725. The number of amides is 1. The highest BCUT2D eigenvalue weighted by molar-refractivity contribution is 5.97. The van der Waals surface area contributed by atoms with Crippen LogP contribution in [0.15, 0.2) is 61.1 Å². The Bertz CT molecular complexity index is 898. The van der Waals surface area contributed by atoms with Crippen molar-refractivity contribution in [2.24, 2.45) is 0 Å². The average Bonchev–Trinajstić information content (AvgIpc) is 2.72. The molecule has 0 radical (unpaired) electrons. The molecule has 132 valence electrons. The van der Waals surface area contributed by atoms with Gasteiger partial charge in [-0.15, -0.1) is 0 Å². The Balaban J connectivity index is 1.42. The summed E-state index contributed by atoms with van der Waals surface area (Å²) in [4.78, 5) is 23.3. The SMILES string of the molecule is O=C(c1cnc2ccccc2c1)N1CCC[C@H](OCc2cccnc2)C1. The highest BCUT2D eigenvalue weighted by Crippen LogP contribution is 2.19. The molecule has 3 heterocycles. The second-order valence-electron chi connectivity index (χ2n) is 6.60. The molecule has 26 heavy (non-hydrogen) atoms. The van der Waals surface area contributed by atoms with Gasteiger partial charge in [-0.1, -0.05) is 24.3 Å². The van der Waals surface area contributed by atoms with E-state index in [2.05, 4.69) is 9.97 Å². The van der Waals surface area contributed by atoms with Gasteiger partial charge >= 0.3 is 0 Å². The Kier molecular flexibility index (Phi) is 4.88. The van der Waals surface area contributed by atoms with Crippen molar-refractivity contribution < 1.29 is 9.53 Å². The fourth-order valence-electron chi connectivity index (χ4n) is 3.33. The molecular formula is C21H21N3O2. The first-order valence-corrected chi connectivity index (χ1v) is 8.94. The summed E-state index contributed by atoms with van der Waals surface area (Å²) in [6.45, 7) is 1.91. The van der Waals surface area contributed by atoms with Gasteiger partial charge in [-0.05, 0) is 36.6 Å². The number of carbonyl (C=O) groups excluding carboxylic acids is 1. The molecule has 2 aromatic heterocycles. The van der Waals surface area contributed by atoms with Gasteiger partial charge in [0.1, 0.15) is 0 Å². The van der Waals surface area contributed by atoms with E-state index >= 15 is 0 Å². The van der Waals surface area contributed by atoms with Gasteiger partial charge in [0, 0.05) is 37.1 Å². The number of fused-ring (bicyclic) bond motifs is 1. The second kappa shape index (κ2) is 7.62. The van der Waals surface area contributed by atoms with E-state index in [1.807, 2.05) is 53.6 Å². The summed E-state index contributed by atoms with van der Waals surface area (Å²) in [6.07, 6.45) is 7.21. The van der Waals surface area contributed by atoms with Gasteiger partial charge in [0.05, 0.1) is 23.8 Å². The number of piperidine rings is 1. The van der Waals surface area contributed by atoms with E-state index in [4.69, 9.17) is 4.74 Å². The molecule has 1 aromatic carbocycles. The smallest absolute Gasteiger partial charge is 0.255 e. The molecule has 3 aromatic rings. The van der Waals surface area contributed by atoms with Crippen LogP contribution in [0.3, 0.4) is 0 Å². The van der Waals surface area contributed by atoms with Crippen molar-refractivity contribution in [2.45, 2.75) is 25.6 Å². The standard InChI is InChI=1S/C21H21N3O2/c25-21(18-11-17-6-1-2-8-20(17)23-13-18)24-10-4-7-19(14-24)26-15-16-5-3-9-22-12-16/h1-3,5-6,8-9,11-13,19H,4,7,10,14-15H2/t19-/m0/s1. The van der Waals surface area contributed by atoms with Crippen molar-refractivity contribution in [3.05, 3.63) is 72.2 Å². The first-order chi connectivity index (χ1) is 12.8. The predicted molar refractivity (Wildman–Crippen MR) is 99.7 cm³/mol. The number of ether oxygens (including phenoxy) is 1. The summed E-state index contributed by atoms with van der Waals surface area (Å²) in [5.41, 5.74) is 2.59. The topological polar surface area (TPSA) is 55.3 Å². The number of aromatic nitrogens is 2. The molecule has 5 nitrogen and oxygen atoms in total. The summed E-state index contributed by atoms with van der Waals surface area (Å²) in [6, 6.07) is 13.7. The van der Waals surface area contributed by atoms with Crippen LogP contribution >= 0.6 is 0 Å². The molecule has 1 aliphatic rings. The van der Waals surface area contributed by atoms with Gasteiger partial charge in [0.25, 0.3) is 5.91 Å². The number of hydrogen-bond acceptors (Lipinski definition) is 4. The minimum atomic E-state index is 0.0259. The first-order valence-electron chi connectivity index (χ1n) is 8.94. The first kappa shape index (κ1) is 16.7. The van der Waals surface area contributed by atoms with Gasteiger partial charge in [-0.25, -0.2) is 0 Å². The van der Waals surface area contributed by atoms with Gasteiger partial charge in [-0.3, -0.25) is 14.8 Å². The molecule has 1 amide bonds. The van der Waals surface area contributed by atoms with Crippen molar-refractivity contribution in [2.75, 3.05) is 13.1 Å². The maximum Gasteiger partial charge on any atom is 0.255 e. The van der Waals surface area contributed by atoms with Crippen LogP contribution in [-0.4, -0.2) is 40.0 Å². The van der Waals surface area contributed by atoms with Gasteiger partial charge in [-0.2, -0.15) is 0 Å². The van der Waals surface area contributed by atoms with Crippen LogP contribution in [-0.2, 0) is 11.3 Å². The van der Waals surface area contributed by atoms with E-state index in [1.54, 1.807) is 12.4 Å². The number of carbonyl (C=O) groups is 1. The Morgan fingerprint density at radius 3 is 3.00 bits per heavy atom. The molecule has 4 rings (SSSR count). The summed E-state index contributed by atoms with van der Waals surface area (Å²) in [7, 11) is 0. The number of rotatable bonds is 4. The van der Waals surface area contributed by atoms with E-state index in [0.29, 0.717) is 18.7 Å². The lowest BCUT2D eigenvalue weighted by atomic mass is 10.1. The van der Waals surface area contributed by atoms with Gasteiger partial charge in [0.2, 0.25) is 0 Å². The van der Waals surface area contributed by atoms with Crippen LogP contribution in [0.5, 0.6) is 0 Å². The number of para-hydroxylation sites is 1. The Hall–Kier alpha value is -2.79. The van der Waals surface area contributed by atoms with Gasteiger partial charge in [0.15, 0.2) is 0 Å². The van der Waals surface area contributed by atoms with Crippen molar-refractivity contribution in [3.8, 4) is 0 Å². The lowest BCUT2D eigenvalue weighted by Crippen LogP contribution is -2.43. The number of hydrogen-bond donors (Lipinski definition) is 0. The fraction of sp³-hybridized carbons (Fsp3) is 0.286. The Morgan fingerprint density at radius 2 is 2.12 bits per heavy atom. The third-order valence-electron chi connectivity index (χ3n) is 4.71. The minimum Gasteiger partial charge on any atom is -0.372 e. The van der Waals surface area contributed by atoms with Crippen LogP contribution < -0.4 is 0 Å². The summed E-state index contributed by atoms with van der Waals surface area (Å²) < 4.78 is 6.01. The van der Waals surface area contributed by atoms with E-state index in [1.165, 1.54) is 0 Å². The van der Waals surface area contributed by atoms with E-state index < -0.39 is 0 Å². The predicted octanol–water partition coefficient (Wildman–Crippen LogP) is 3.45. The Morgan fingerprint density at radius 1 is 1.19 bits per heavy atom. The summed E-state index contributed by atoms with van der Waals surface area (Å²) >= 11 is 0. The molecule has 0 bridgehead atoms. The van der Waals surface area contributed by atoms with Crippen LogP contribution in [0.1, 0.15) is 28.8 Å². The van der Waals surface area contributed by atoms with Gasteiger partial charge < -0.3 is 9.64 Å². The fourth-order valence-corrected chi connectivity index (χ4v) is 3.33. The maximum absolute atomic E-state index is 12.9. The molecule has 0 N–H and O–H groups in total. The third kappa shape index (κ3) is 3.73. The number of likely N-dealkylation sites (tertiary alicyclic amines) is 1. The van der Waals surface area contributed by atoms with E-state index in [9.17, 15) is 4.79 Å².